The van der Waals surface area contributed by atoms with E-state index >= 15 is 0 Å². The van der Waals surface area contributed by atoms with Crippen LogP contribution in [-0.2, 0) is 14.8 Å². The van der Waals surface area contributed by atoms with Crippen LogP contribution in [0.25, 0.3) is 0 Å². The maximum absolute atomic E-state index is 13.1. The van der Waals surface area contributed by atoms with E-state index in [4.69, 9.17) is 9.47 Å². The second kappa shape index (κ2) is 9.47. The maximum atomic E-state index is 13.1. The SMILES string of the molecule is CC1CN(S(=O)(=O)c2cccc(C(=O)Nc3ccccc3OCC(F)(F)F)c2)CC(C)O1. The lowest BCUT2D eigenvalue weighted by Gasteiger charge is -2.34. The number of morpholine rings is 1. The van der Waals surface area contributed by atoms with Crippen LogP contribution < -0.4 is 10.1 Å². The van der Waals surface area contributed by atoms with E-state index in [2.05, 4.69) is 5.32 Å². The zero-order valence-corrected chi connectivity index (χ0v) is 18.2. The van der Waals surface area contributed by atoms with Gasteiger partial charge < -0.3 is 14.8 Å². The van der Waals surface area contributed by atoms with Gasteiger partial charge in [0.25, 0.3) is 5.91 Å². The Kier molecular flexibility index (Phi) is 7.11. The van der Waals surface area contributed by atoms with Gasteiger partial charge in [0.15, 0.2) is 6.61 Å². The highest BCUT2D eigenvalue weighted by atomic mass is 32.2. The molecule has 0 saturated carbocycles. The number of rotatable bonds is 6. The number of benzene rings is 2. The van der Waals surface area contributed by atoms with E-state index in [9.17, 15) is 26.4 Å². The zero-order valence-electron chi connectivity index (χ0n) is 17.4. The molecule has 0 radical (unpaired) electrons. The first-order chi connectivity index (χ1) is 15.0. The van der Waals surface area contributed by atoms with Gasteiger partial charge in [0.2, 0.25) is 10.0 Å². The van der Waals surface area contributed by atoms with Crippen molar-refractivity contribution in [3.05, 3.63) is 54.1 Å². The monoisotopic (exact) mass is 472 g/mol. The van der Waals surface area contributed by atoms with Gasteiger partial charge in [-0.2, -0.15) is 17.5 Å². The summed E-state index contributed by atoms with van der Waals surface area (Å²) in [5, 5.41) is 2.48. The molecule has 1 N–H and O–H groups in total. The third kappa shape index (κ3) is 5.99. The number of sulfonamides is 1. The van der Waals surface area contributed by atoms with Crippen LogP contribution in [0, 0.1) is 0 Å². The molecule has 11 heteroatoms. The number of para-hydroxylation sites is 2. The van der Waals surface area contributed by atoms with Crippen molar-refractivity contribution in [3.8, 4) is 5.75 Å². The number of anilines is 1. The Hall–Kier alpha value is -2.63. The highest BCUT2D eigenvalue weighted by Gasteiger charge is 2.32. The first kappa shape index (κ1) is 24.0. The summed E-state index contributed by atoms with van der Waals surface area (Å²) >= 11 is 0. The van der Waals surface area contributed by atoms with Gasteiger partial charge in [-0.05, 0) is 44.2 Å². The molecule has 2 aromatic rings. The zero-order chi connectivity index (χ0) is 23.5. The van der Waals surface area contributed by atoms with Crippen molar-refractivity contribution in [2.24, 2.45) is 0 Å². The highest BCUT2D eigenvalue weighted by Crippen LogP contribution is 2.27. The molecular weight excluding hydrogens is 449 g/mol. The summed E-state index contributed by atoms with van der Waals surface area (Å²) in [5.74, 6) is -0.841. The fourth-order valence-corrected chi connectivity index (χ4v) is 4.96. The summed E-state index contributed by atoms with van der Waals surface area (Å²) in [5.41, 5.74) is 0.0666. The van der Waals surface area contributed by atoms with Gasteiger partial charge in [-0.3, -0.25) is 4.79 Å². The molecule has 0 aliphatic carbocycles. The first-order valence-corrected chi connectivity index (χ1v) is 11.3. The smallest absolute Gasteiger partial charge is 0.422 e. The molecule has 3 rings (SSSR count). The number of carbonyl (C=O) groups is 1. The van der Waals surface area contributed by atoms with Crippen molar-refractivity contribution in [1.82, 2.24) is 4.31 Å². The lowest BCUT2D eigenvalue weighted by molar-refractivity contribution is -0.153. The topological polar surface area (TPSA) is 84.9 Å². The van der Waals surface area contributed by atoms with Crippen LogP contribution in [0.5, 0.6) is 5.75 Å². The third-order valence-corrected chi connectivity index (χ3v) is 6.47. The van der Waals surface area contributed by atoms with Gasteiger partial charge in [-0.1, -0.05) is 18.2 Å². The van der Waals surface area contributed by atoms with E-state index in [0.29, 0.717) is 0 Å². The van der Waals surface area contributed by atoms with Crippen LogP contribution in [-0.4, -0.2) is 56.7 Å². The summed E-state index contributed by atoms with van der Waals surface area (Å²) in [6.07, 6.45) is -5.07. The van der Waals surface area contributed by atoms with Gasteiger partial charge >= 0.3 is 6.18 Å². The molecule has 0 aromatic heterocycles. The van der Waals surface area contributed by atoms with Crippen LogP contribution in [0.4, 0.5) is 18.9 Å². The molecule has 2 aromatic carbocycles. The van der Waals surface area contributed by atoms with Crippen molar-refractivity contribution in [3.63, 3.8) is 0 Å². The third-order valence-electron chi connectivity index (χ3n) is 4.65. The molecule has 1 aliphatic rings. The van der Waals surface area contributed by atoms with E-state index in [-0.39, 0.29) is 47.2 Å². The van der Waals surface area contributed by atoms with Crippen molar-refractivity contribution in [2.75, 3.05) is 25.0 Å². The molecule has 0 spiro atoms. The molecule has 1 fully saturated rings. The van der Waals surface area contributed by atoms with E-state index in [1.807, 2.05) is 0 Å². The van der Waals surface area contributed by atoms with Crippen LogP contribution >= 0.6 is 0 Å². The van der Waals surface area contributed by atoms with Crippen molar-refractivity contribution < 1.29 is 35.9 Å². The highest BCUT2D eigenvalue weighted by molar-refractivity contribution is 7.89. The molecule has 0 bridgehead atoms. The Morgan fingerprint density at radius 3 is 2.44 bits per heavy atom. The summed E-state index contributed by atoms with van der Waals surface area (Å²) in [6.45, 7) is 2.42. The van der Waals surface area contributed by atoms with E-state index in [0.717, 1.165) is 0 Å². The Morgan fingerprint density at radius 1 is 1.12 bits per heavy atom. The number of nitrogens with one attached hydrogen (secondary N) is 1. The molecule has 2 atom stereocenters. The van der Waals surface area contributed by atoms with Gasteiger partial charge in [0.1, 0.15) is 5.75 Å². The van der Waals surface area contributed by atoms with Crippen LogP contribution in [0.2, 0.25) is 0 Å². The molecule has 32 heavy (non-hydrogen) atoms. The van der Waals surface area contributed by atoms with Crippen LogP contribution in [0.1, 0.15) is 24.2 Å². The number of carbonyl (C=O) groups excluding carboxylic acids is 1. The number of hydrogen-bond donors (Lipinski definition) is 1. The molecule has 1 heterocycles. The molecule has 2 unspecified atom stereocenters. The number of nitrogens with zero attached hydrogens (tertiary/aromatic N) is 1. The number of halogens is 3. The van der Waals surface area contributed by atoms with Crippen LogP contribution in [0.3, 0.4) is 0 Å². The van der Waals surface area contributed by atoms with Gasteiger partial charge in [-0.15, -0.1) is 0 Å². The Balaban J connectivity index is 1.79. The molecule has 174 valence electrons. The Labute approximate surface area is 184 Å². The van der Waals surface area contributed by atoms with Crippen LogP contribution in [0.15, 0.2) is 53.4 Å². The summed E-state index contributed by atoms with van der Waals surface area (Å²) in [4.78, 5) is 12.6. The maximum Gasteiger partial charge on any atom is 0.422 e. The van der Waals surface area contributed by atoms with Gasteiger partial charge in [0, 0.05) is 18.7 Å². The number of amides is 1. The Bertz CT molecular complexity index is 1070. The predicted octanol–water partition coefficient (Wildman–Crippen LogP) is 3.68. The molecule has 1 amide bonds. The summed E-state index contributed by atoms with van der Waals surface area (Å²) in [6, 6.07) is 11.1. The minimum absolute atomic E-state index is 0.0332. The minimum Gasteiger partial charge on any atom is -0.482 e. The fourth-order valence-electron chi connectivity index (χ4n) is 3.32. The molecule has 1 aliphatic heterocycles. The quantitative estimate of drug-likeness (QED) is 0.694. The van der Waals surface area contributed by atoms with Crippen molar-refractivity contribution in [2.45, 2.75) is 37.1 Å². The number of alkyl halides is 3. The van der Waals surface area contributed by atoms with Crippen molar-refractivity contribution in [1.29, 1.82) is 0 Å². The lowest BCUT2D eigenvalue weighted by Crippen LogP contribution is -2.48. The standard InChI is InChI=1S/C21H23F3N2O5S/c1-14-11-26(12-15(2)31-14)32(28,29)17-7-5-6-16(10-17)20(27)25-18-8-3-4-9-19(18)30-13-21(22,23)24/h3-10,14-15H,11-13H2,1-2H3,(H,25,27). The molecule has 1 saturated heterocycles. The van der Waals surface area contributed by atoms with E-state index in [1.165, 1.54) is 52.8 Å². The molecule has 7 nitrogen and oxygen atoms in total. The second-order valence-electron chi connectivity index (χ2n) is 7.46. The van der Waals surface area contributed by atoms with E-state index < -0.39 is 28.7 Å². The second-order valence-corrected chi connectivity index (χ2v) is 9.40. The summed E-state index contributed by atoms with van der Waals surface area (Å²) < 4.78 is 75.2. The largest absolute Gasteiger partial charge is 0.482 e. The summed E-state index contributed by atoms with van der Waals surface area (Å²) in [7, 11) is -3.87. The van der Waals surface area contributed by atoms with Gasteiger partial charge in [0.05, 0.1) is 22.8 Å². The Morgan fingerprint density at radius 2 is 1.78 bits per heavy atom. The average molecular weight is 472 g/mol. The van der Waals surface area contributed by atoms with E-state index in [1.54, 1.807) is 13.8 Å². The first-order valence-electron chi connectivity index (χ1n) is 9.81. The average Bonchev–Trinajstić information content (AvgIpc) is 2.72. The number of ether oxygens (including phenoxy) is 2. The van der Waals surface area contributed by atoms with Crippen molar-refractivity contribution >= 4 is 21.6 Å². The van der Waals surface area contributed by atoms with Gasteiger partial charge in [-0.25, -0.2) is 8.42 Å². The lowest BCUT2D eigenvalue weighted by atomic mass is 10.2. The number of hydrogen-bond acceptors (Lipinski definition) is 5. The fraction of sp³-hybridized carbons (Fsp3) is 0.381. The normalized spacial score (nSPS) is 20.0. The molecular formula is C21H23F3N2O5S. The predicted molar refractivity (Wildman–Crippen MR) is 111 cm³/mol. The minimum atomic E-state index is -4.53.